The maximum atomic E-state index is 12.3. The van der Waals surface area contributed by atoms with Crippen LogP contribution >= 0.6 is 0 Å². The first-order chi connectivity index (χ1) is 10.2. The Morgan fingerprint density at radius 3 is 2.33 bits per heavy atom. The van der Waals surface area contributed by atoms with Gasteiger partial charge in [0.05, 0.1) is 5.56 Å². The van der Waals surface area contributed by atoms with Gasteiger partial charge in [-0.2, -0.15) is 5.10 Å². The van der Waals surface area contributed by atoms with Crippen molar-refractivity contribution in [3.05, 3.63) is 33.6 Å². The minimum Gasteiger partial charge on any atom is -0.365 e. The topological polar surface area (TPSA) is 46.9 Å². The molecule has 1 N–H and O–H groups in total. The molecule has 1 aliphatic carbocycles. The Balaban J connectivity index is 2.45. The third-order valence-corrected chi connectivity index (χ3v) is 3.93. The summed E-state index contributed by atoms with van der Waals surface area (Å²) in [5.74, 6) is 0.815. The lowest BCUT2D eigenvalue weighted by Gasteiger charge is -2.24. The highest BCUT2D eigenvalue weighted by Crippen LogP contribution is 2.24. The summed E-state index contributed by atoms with van der Waals surface area (Å²) in [5.41, 5.74) is 1.53. The van der Waals surface area contributed by atoms with Gasteiger partial charge in [0.1, 0.15) is 0 Å². The summed E-state index contributed by atoms with van der Waals surface area (Å²) in [6, 6.07) is 0.464. The quantitative estimate of drug-likeness (QED) is 0.920. The van der Waals surface area contributed by atoms with E-state index in [-0.39, 0.29) is 5.56 Å². The zero-order valence-corrected chi connectivity index (χ0v) is 13.2. The predicted molar refractivity (Wildman–Crippen MR) is 89.4 cm³/mol. The van der Waals surface area contributed by atoms with Gasteiger partial charge in [-0.15, -0.1) is 0 Å². The molecule has 0 aromatic carbocycles. The minimum atomic E-state index is -0.0598. The van der Waals surface area contributed by atoms with E-state index in [2.05, 4.69) is 10.4 Å². The van der Waals surface area contributed by atoms with Crippen molar-refractivity contribution in [2.75, 3.05) is 5.32 Å². The predicted octanol–water partition coefficient (Wildman–Crippen LogP) is 3.59. The third-order valence-electron chi connectivity index (χ3n) is 3.93. The van der Waals surface area contributed by atoms with Gasteiger partial charge in [-0.3, -0.25) is 4.79 Å². The van der Waals surface area contributed by atoms with Crippen LogP contribution in [0.3, 0.4) is 0 Å². The fourth-order valence-electron chi connectivity index (χ4n) is 2.88. The molecule has 1 fully saturated rings. The van der Waals surface area contributed by atoms with E-state index < -0.39 is 0 Å². The Kier molecular flexibility index (Phi) is 5.37. The van der Waals surface area contributed by atoms with Crippen LogP contribution in [0.1, 0.15) is 57.1 Å². The molecule has 0 bridgehead atoms. The largest absolute Gasteiger partial charge is 0.365 e. The van der Waals surface area contributed by atoms with Crippen LogP contribution in [0.4, 0.5) is 5.82 Å². The van der Waals surface area contributed by atoms with E-state index in [1.807, 2.05) is 38.2 Å². The zero-order chi connectivity index (χ0) is 15.2. The number of hydrogen-bond donors (Lipinski definition) is 1. The maximum Gasteiger partial charge on any atom is 0.274 e. The molecular formula is C17H25N3O. The number of nitrogens with zero attached hydrogens (tertiary/aromatic N) is 2. The monoisotopic (exact) mass is 287 g/mol. The summed E-state index contributed by atoms with van der Waals surface area (Å²) in [6.45, 7) is 3.88. The Morgan fingerprint density at radius 2 is 1.71 bits per heavy atom. The van der Waals surface area contributed by atoms with E-state index in [0.29, 0.717) is 11.6 Å². The van der Waals surface area contributed by atoms with Crippen LogP contribution in [-0.4, -0.2) is 15.8 Å². The fraction of sp³-hybridized carbons (Fsp3) is 0.529. The lowest BCUT2D eigenvalue weighted by Crippen LogP contribution is -2.29. The van der Waals surface area contributed by atoms with Crippen LogP contribution in [0.15, 0.2) is 16.9 Å². The van der Waals surface area contributed by atoms with E-state index >= 15 is 0 Å². The van der Waals surface area contributed by atoms with Crippen molar-refractivity contribution in [2.45, 2.75) is 52.0 Å². The molecule has 0 amide bonds. The van der Waals surface area contributed by atoms with Gasteiger partial charge in [-0.25, -0.2) is 4.68 Å². The SMILES string of the molecule is C/C=C\c1c(NC2CCCCC2)nn(C)c(=O)c1/C=C\C. The molecule has 0 radical (unpaired) electrons. The van der Waals surface area contributed by atoms with Gasteiger partial charge in [0.15, 0.2) is 5.82 Å². The molecule has 0 spiro atoms. The second-order valence-electron chi connectivity index (χ2n) is 5.58. The van der Waals surface area contributed by atoms with Gasteiger partial charge in [0.2, 0.25) is 0 Å². The maximum absolute atomic E-state index is 12.3. The first-order valence-corrected chi connectivity index (χ1v) is 7.80. The van der Waals surface area contributed by atoms with Crippen molar-refractivity contribution < 1.29 is 0 Å². The Bertz CT molecular complexity index is 593. The molecule has 0 atom stereocenters. The third kappa shape index (κ3) is 3.63. The average molecular weight is 287 g/mol. The van der Waals surface area contributed by atoms with Crippen molar-refractivity contribution in [2.24, 2.45) is 7.05 Å². The number of rotatable bonds is 4. The Labute approximate surface area is 126 Å². The fourth-order valence-corrected chi connectivity index (χ4v) is 2.88. The van der Waals surface area contributed by atoms with Gasteiger partial charge in [0, 0.05) is 18.7 Å². The van der Waals surface area contributed by atoms with Crippen LogP contribution < -0.4 is 10.9 Å². The average Bonchev–Trinajstić information content (AvgIpc) is 2.49. The van der Waals surface area contributed by atoms with E-state index in [0.717, 1.165) is 11.4 Å². The summed E-state index contributed by atoms with van der Waals surface area (Å²) in [6.07, 6.45) is 13.9. The molecule has 1 heterocycles. The van der Waals surface area contributed by atoms with Gasteiger partial charge in [0.25, 0.3) is 5.56 Å². The van der Waals surface area contributed by atoms with Crippen LogP contribution in [0.5, 0.6) is 0 Å². The number of aromatic nitrogens is 2. The molecule has 114 valence electrons. The van der Waals surface area contributed by atoms with Gasteiger partial charge in [-0.1, -0.05) is 43.6 Å². The summed E-state index contributed by atoms with van der Waals surface area (Å²) in [4.78, 5) is 12.3. The molecule has 21 heavy (non-hydrogen) atoms. The Hall–Kier alpha value is -1.84. The molecule has 4 nitrogen and oxygen atoms in total. The van der Waals surface area contributed by atoms with Crippen LogP contribution in [0.2, 0.25) is 0 Å². The van der Waals surface area contributed by atoms with E-state index in [1.165, 1.54) is 36.8 Å². The first-order valence-electron chi connectivity index (χ1n) is 7.80. The number of nitrogens with one attached hydrogen (secondary N) is 1. The second kappa shape index (κ2) is 7.25. The molecule has 2 rings (SSSR count). The molecular weight excluding hydrogens is 262 g/mol. The van der Waals surface area contributed by atoms with Crippen molar-refractivity contribution in [3.8, 4) is 0 Å². The molecule has 1 aromatic heterocycles. The highest BCUT2D eigenvalue weighted by atomic mass is 16.1. The molecule has 1 saturated carbocycles. The smallest absolute Gasteiger partial charge is 0.274 e. The van der Waals surface area contributed by atoms with Gasteiger partial charge in [-0.05, 0) is 26.7 Å². The van der Waals surface area contributed by atoms with Gasteiger partial charge < -0.3 is 5.32 Å². The normalized spacial score (nSPS) is 16.9. The lowest BCUT2D eigenvalue weighted by molar-refractivity contribution is 0.460. The summed E-state index contributed by atoms with van der Waals surface area (Å²) >= 11 is 0. The second-order valence-corrected chi connectivity index (χ2v) is 5.58. The van der Waals surface area contributed by atoms with Crippen molar-refractivity contribution in [3.63, 3.8) is 0 Å². The van der Waals surface area contributed by atoms with Gasteiger partial charge >= 0.3 is 0 Å². The summed E-state index contributed by atoms with van der Waals surface area (Å²) in [5, 5.41) is 7.98. The molecule has 1 aliphatic rings. The molecule has 1 aromatic rings. The first kappa shape index (κ1) is 15.5. The van der Waals surface area contributed by atoms with Crippen molar-refractivity contribution in [1.82, 2.24) is 9.78 Å². The van der Waals surface area contributed by atoms with Crippen molar-refractivity contribution in [1.29, 1.82) is 0 Å². The number of allylic oxidation sites excluding steroid dienone is 2. The summed E-state index contributed by atoms with van der Waals surface area (Å²) in [7, 11) is 1.71. The van der Waals surface area contributed by atoms with Crippen LogP contribution in [0.25, 0.3) is 12.2 Å². The van der Waals surface area contributed by atoms with Crippen LogP contribution in [0, 0.1) is 0 Å². The van der Waals surface area contributed by atoms with Crippen LogP contribution in [-0.2, 0) is 7.05 Å². The number of hydrogen-bond acceptors (Lipinski definition) is 3. The van der Waals surface area contributed by atoms with Crippen molar-refractivity contribution >= 4 is 18.0 Å². The number of anilines is 1. The van der Waals surface area contributed by atoms with E-state index in [9.17, 15) is 4.79 Å². The summed E-state index contributed by atoms with van der Waals surface area (Å²) < 4.78 is 1.42. The number of aryl methyl sites for hydroxylation is 1. The van der Waals surface area contributed by atoms with E-state index in [1.54, 1.807) is 7.05 Å². The van der Waals surface area contributed by atoms with E-state index in [4.69, 9.17) is 0 Å². The molecule has 0 saturated heterocycles. The highest BCUT2D eigenvalue weighted by Gasteiger charge is 2.17. The standard InChI is InChI=1S/C17H25N3O/c1-4-9-14-15(10-5-2)17(21)20(3)19-16(14)18-13-11-7-6-8-12-13/h4-5,9-10,13H,6-8,11-12H2,1-3H3,(H,18,19)/b9-4-,10-5-. The highest BCUT2D eigenvalue weighted by molar-refractivity contribution is 5.72. The molecule has 0 unspecified atom stereocenters. The molecule has 0 aliphatic heterocycles. The Morgan fingerprint density at radius 1 is 1.10 bits per heavy atom. The lowest BCUT2D eigenvalue weighted by atomic mass is 9.95. The minimum absolute atomic E-state index is 0.0598. The zero-order valence-electron chi connectivity index (χ0n) is 13.2. The molecule has 4 heteroatoms.